The first-order chi connectivity index (χ1) is 12.6. The Balaban J connectivity index is 1.73. The number of amides is 2. The molecule has 1 aromatic carbocycles. The van der Waals surface area contributed by atoms with E-state index < -0.39 is 0 Å². The van der Waals surface area contributed by atoms with E-state index >= 15 is 0 Å². The van der Waals surface area contributed by atoms with E-state index in [2.05, 4.69) is 17.3 Å². The fourth-order valence-electron chi connectivity index (χ4n) is 4.09. The molecule has 1 heterocycles. The van der Waals surface area contributed by atoms with Crippen LogP contribution in [0.3, 0.4) is 0 Å². The zero-order chi connectivity index (χ0) is 18.5. The topological polar surface area (TPSA) is 78.7 Å². The first-order valence-corrected chi connectivity index (χ1v) is 9.68. The minimum Gasteiger partial charge on any atom is -0.337 e. The van der Waals surface area contributed by atoms with Gasteiger partial charge in [0.1, 0.15) is 0 Å². The Hall–Kier alpha value is -1.92. The number of nitrogens with zero attached hydrogens (tertiary/aromatic N) is 2. The third-order valence-corrected chi connectivity index (χ3v) is 5.72. The van der Waals surface area contributed by atoms with Crippen LogP contribution in [0.4, 0.5) is 5.69 Å². The molecule has 1 saturated heterocycles. The second-order valence-corrected chi connectivity index (χ2v) is 7.52. The van der Waals surface area contributed by atoms with Gasteiger partial charge in [-0.1, -0.05) is 18.6 Å². The molecule has 0 unspecified atom stereocenters. The van der Waals surface area contributed by atoms with Gasteiger partial charge in [-0.2, -0.15) is 0 Å². The largest absolute Gasteiger partial charge is 0.337 e. The smallest absolute Gasteiger partial charge is 0.256 e. The lowest BCUT2D eigenvalue weighted by Gasteiger charge is -2.23. The molecule has 1 saturated carbocycles. The molecule has 2 aliphatic rings. The van der Waals surface area contributed by atoms with Gasteiger partial charge in [-0.3, -0.25) is 9.59 Å². The summed E-state index contributed by atoms with van der Waals surface area (Å²) < 4.78 is 0. The van der Waals surface area contributed by atoms with Crippen LogP contribution in [0.2, 0.25) is 0 Å². The van der Waals surface area contributed by atoms with Crippen LogP contribution in [0.1, 0.15) is 36.0 Å². The summed E-state index contributed by atoms with van der Waals surface area (Å²) in [4.78, 5) is 29.9. The third kappa shape index (κ3) is 4.24. The van der Waals surface area contributed by atoms with Crippen LogP contribution in [0, 0.1) is 11.8 Å². The fraction of sp³-hybridized carbons (Fsp3) is 0.600. The highest BCUT2D eigenvalue weighted by Gasteiger charge is 2.32. The van der Waals surface area contributed by atoms with Crippen molar-refractivity contribution in [3.05, 3.63) is 29.8 Å². The summed E-state index contributed by atoms with van der Waals surface area (Å²) >= 11 is 0. The average Bonchev–Trinajstić information content (AvgIpc) is 3.03. The minimum atomic E-state index is -0.0463. The first-order valence-electron chi connectivity index (χ1n) is 9.68. The molecule has 6 nitrogen and oxygen atoms in total. The van der Waals surface area contributed by atoms with Crippen LogP contribution in [-0.2, 0) is 4.79 Å². The average molecular weight is 358 g/mol. The van der Waals surface area contributed by atoms with Crippen LogP contribution < -0.4 is 11.1 Å². The molecule has 1 aromatic rings. The molecule has 0 spiro atoms. The number of hydrogen-bond donors (Lipinski definition) is 2. The van der Waals surface area contributed by atoms with E-state index in [1.807, 2.05) is 29.2 Å². The van der Waals surface area contributed by atoms with E-state index in [0.29, 0.717) is 17.8 Å². The van der Waals surface area contributed by atoms with Crippen LogP contribution in [-0.4, -0.2) is 61.4 Å². The lowest BCUT2D eigenvalue weighted by Crippen LogP contribution is -2.35. The van der Waals surface area contributed by atoms with Crippen LogP contribution in [0.5, 0.6) is 0 Å². The lowest BCUT2D eigenvalue weighted by atomic mass is 9.95. The predicted molar refractivity (Wildman–Crippen MR) is 103 cm³/mol. The molecule has 0 radical (unpaired) electrons. The Kier molecular flexibility index (Phi) is 6.27. The van der Waals surface area contributed by atoms with Gasteiger partial charge in [-0.15, -0.1) is 0 Å². The SMILES string of the molecule is CN1CCCN(C(=O)c2ccccc2NC(=O)[C@@H]2CCC[C@@H]2CN)CC1. The van der Waals surface area contributed by atoms with E-state index in [-0.39, 0.29) is 23.7 Å². The number of hydrogen-bond acceptors (Lipinski definition) is 4. The number of carbonyl (C=O) groups excluding carboxylic acids is 2. The highest BCUT2D eigenvalue weighted by molar-refractivity contribution is 6.04. The summed E-state index contributed by atoms with van der Waals surface area (Å²) in [6.07, 6.45) is 3.90. The second kappa shape index (κ2) is 8.64. The molecule has 6 heteroatoms. The van der Waals surface area contributed by atoms with Crippen molar-refractivity contribution in [2.24, 2.45) is 17.6 Å². The highest BCUT2D eigenvalue weighted by Crippen LogP contribution is 2.32. The van der Waals surface area contributed by atoms with Gasteiger partial charge in [0.05, 0.1) is 11.3 Å². The quantitative estimate of drug-likeness (QED) is 0.860. The summed E-state index contributed by atoms with van der Waals surface area (Å²) in [5, 5.41) is 3.01. The number of para-hydroxylation sites is 1. The van der Waals surface area contributed by atoms with Crippen molar-refractivity contribution in [1.29, 1.82) is 0 Å². The third-order valence-electron chi connectivity index (χ3n) is 5.72. The minimum absolute atomic E-state index is 0.00185. The summed E-state index contributed by atoms with van der Waals surface area (Å²) in [5.41, 5.74) is 7.00. The van der Waals surface area contributed by atoms with Gasteiger partial charge in [0.15, 0.2) is 0 Å². The maximum absolute atomic E-state index is 13.0. The number of nitrogens with two attached hydrogens (primary N) is 1. The van der Waals surface area contributed by atoms with Crippen molar-refractivity contribution >= 4 is 17.5 Å². The number of rotatable bonds is 4. The Morgan fingerprint density at radius 3 is 2.73 bits per heavy atom. The van der Waals surface area contributed by atoms with Crippen LogP contribution in [0.15, 0.2) is 24.3 Å². The van der Waals surface area contributed by atoms with Crippen LogP contribution >= 0.6 is 0 Å². The summed E-state index contributed by atoms with van der Waals surface area (Å²) in [7, 11) is 2.08. The zero-order valence-electron chi connectivity index (χ0n) is 15.6. The fourth-order valence-corrected chi connectivity index (χ4v) is 4.09. The molecule has 2 amide bonds. The molecule has 0 bridgehead atoms. The molecule has 3 N–H and O–H groups in total. The van der Waals surface area contributed by atoms with Gasteiger partial charge < -0.3 is 20.9 Å². The van der Waals surface area contributed by atoms with E-state index in [0.717, 1.165) is 51.9 Å². The van der Waals surface area contributed by atoms with Gasteiger partial charge >= 0.3 is 0 Å². The summed E-state index contributed by atoms with van der Waals surface area (Å²) in [6, 6.07) is 7.34. The Morgan fingerprint density at radius 2 is 1.92 bits per heavy atom. The highest BCUT2D eigenvalue weighted by atomic mass is 16.2. The normalized spacial score (nSPS) is 24.3. The van der Waals surface area contributed by atoms with Crippen LogP contribution in [0.25, 0.3) is 0 Å². The van der Waals surface area contributed by atoms with Gasteiger partial charge in [-0.05, 0) is 57.5 Å². The Morgan fingerprint density at radius 1 is 1.12 bits per heavy atom. The van der Waals surface area contributed by atoms with E-state index in [4.69, 9.17) is 5.73 Å². The monoisotopic (exact) mass is 358 g/mol. The molecule has 2 atom stereocenters. The molecular formula is C20H30N4O2. The van der Waals surface area contributed by atoms with Crippen molar-refractivity contribution in [1.82, 2.24) is 9.80 Å². The van der Waals surface area contributed by atoms with E-state index in [9.17, 15) is 9.59 Å². The molecule has 3 rings (SSSR count). The maximum atomic E-state index is 13.0. The first kappa shape index (κ1) is 18.9. The lowest BCUT2D eigenvalue weighted by molar-refractivity contribution is -0.120. The number of anilines is 1. The predicted octanol–water partition coefficient (Wildman–Crippen LogP) is 1.78. The van der Waals surface area contributed by atoms with Crippen molar-refractivity contribution in [2.75, 3.05) is 45.1 Å². The molecule has 2 fully saturated rings. The van der Waals surface area contributed by atoms with Crippen molar-refractivity contribution in [3.63, 3.8) is 0 Å². The number of likely N-dealkylation sites (N-methyl/N-ethyl adjacent to an activating group) is 1. The van der Waals surface area contributed by atoms with Gasteiger partial charge in [0.25, 0.3) is 5.91 Å². The number of carbonyl (C=O) groups is 2. The maximum Gasteiger partial charge on any atom is 0.256 e. The number of nitrogens with one attached hydrogen (secondary N) is 1. The number of benzene rings is 1. The Labute approximate surface area is 155 Å². The van der Waals surface area contributed by atoms with Gasteiger partial charge in [0.2, 0.25) is 5.91 Å². The summed E-state index contributed by atoms with van der Waals surface area (Å²) in [5.74, 6) is 0.195. The van der Waals surface area contributed by atoms with Crippen molar-refractivity contribution in [2.45, 2.75) is 25.7 Å². The molecule has 26 heavy (non-hydrogen) atoms. The Bertz CT molecular complexity index is 648. The van der Waals surface area contributed by atoms with Crippen molar-refractivity contribution in [3.8, 4) is 0 Å². The standard InChI is InChI=1S/C20H30N4O2/c1-23-10-5-11-24(13-12-23)20(26)17-7-2-3-9-18(17)22-19(25)16-8-4-6-15(16)14-21/h2-3,7,9,15-16H,4-6,8,10-14,21H2,1H3,(H,22,25)/t15-,16-/m1/s1. The summed E-state index contributed by atoms with van der Waals surface area (Å²) in [6.45, 7) is 3.89. The second-order valence-electron chi connectivity index (χ2n) is 7.52. The molecule has 1 aliphatic heterocycles. The zero-order valence-corrected chi connectivity index (χ0v) is 15.6. The molecular weight excluding hydrogens is 328 g/mol. The van der Waals surface area contributed by atoms with Crippen molar-refractivity contribution < 1.29 is 9.59 Å². The van der Waals surface area contributed by atoms with Gasteiger partial charge in [-0.25, -0.2) is 0 Å². The van der Waals surface area contributed by atoms with E-state index in [1.54, 1.807) is 0 Å². The molecule has 0 aromatic heterocycles. The molecule has 1 aliphatic carbocycles. The molecule has 142 valence electrons. The van der Waals surface area contributed by atoms with E-state index in [1.165, 1.54) is 0 Å². The van der Waals surface area contributed by atoms with Gasteiger partial charge in [0, 0.05) is 25.6 Å².